The van der Waals surface area contributed by atoms with Crippen molar-refractivity contribution in [2.45, 2.75) is 44.1 Å². The molecule has 0 spiro atoms. The van der Waals surface area contributed by atoms with Gasteiger partial charge in [0.05, 0.1) is 30.3 Å². The minimum Gasteiger partial charge on any atom is -0.497 e. The molecule has 2 saturated heterocycles. The smallest absolute Gasteiger partial charge is 0.237 e. The first-order valence-corrected chi connectivity index (χ1v) is 13.2. The number of benzene rings is 3. The lowest BCUT2D eigenvalue weighted by Crippen LogP contribution is -2.43. The van der Waals surface area contributed by atoms with E-state index < -0.39 is 11.7 Å². The summed E-state index contributed by atoms with van der Waals surface area (Å²) >= 11 is 5.81. The van der Waals surface area contributed by atoms with Crippen molar-refractivity contribution in [2.75, 3.05) is 25.1 Å². The predicted molar refractivity (Wildman–Crippen MR) is 143 cm³/mol. The molecule has 5 nitrogen and oxygen atoms in total. The van der Waals surface area contributed by atoms with Crippen LogP contribution in [-0.2, 0) is 16.1 Å². The van der Waals surface area contributed by atoms with Crippen LogP contribution in [0.15, 0.2) is 60.7 Å². The van der Waals surface area contributed by atoms with E-state index in [0.29, 0.717) is 36.5 Å². The number of nitrogens with zero attached hydrogens (tertiary/aromatic N) is 2. The molecule has 1 atom stereocenters. The lowest BCUT2D eigenvalue weighted by Gasteiger charge is -2.34. The van der Waals surface area contributed by atoms with Gasteiger partial charge in [-0.3, -0.25) is 14.5 Å². The number of carbonyl (C=O) groups is 2. The normalized spacial score (nSPS) is 18.7. The maximum absolute atomic E-state index is 15.3. The van der Waals surface area contributed by atoms with E-state index in [0.717, 1.165) is 24.0 Å². The lowest BCUT2D eigenvalue weighted by atomic mass is 9.88. The minimum absolute atomic E-state index is 0.109. The Hall–Kier alpha value is -3.45. The molecule has 0 bridgehead atoms. The molecule has 38 heavy (non-hydrogen) atoms. The summed E-state index contributed by atoms with van der Waals surface area (Å²) in [5, 5.41) is 0.109. The number of hydrogen-bond acceptors (Lipinski definition) is 4. The molecule has 8 heteroatoms. The monoisotopic (exact) mass is 538 g/mol. The second kappa shape index (κ2) is 11.1. The Bertz CT molecular complexity index is 1340. The summed E-state index contributed by atoms with van der Waals surface area (Å²) in [4.78, 5) is 29.1. The van der Waals surface area contributed by atoms with Crippen molar-refractivity contribution >= 4 is 29.1 Å². The number of carbonyl (C=O) groups excluding carboxylic acids is 2. The average Bonchev–Trinajstić information content (AvgIpc) is 2.93. The van der Waals surface area contributed by atoms with Gasteiger partial charge >= 0.3 is 0 Å². The molecule has 2 aliphatic heterocycles. The Morgan fingerprint density at radius 2 is 1.58 bits per heavy atom. The maximum Gasteiger partial charge on any atom is 0.237 e. The highest BCUT2D eigenvalue weighted by Gasteiger charge is 2.35. The Kier molecular flexibility index (Phi) is 7.65. The van der Waals surface area contributed by atoms with Crippen molar-refractivity contribution < 1.29 is 23.1 Å². The SMILES string of the molecule is COc1ccc(CN2C(=O)CCC(c3ccc(N4CCC(c5ccc(Cl)c(F)c5)CC4)c(F)c3)C2=O)cc1. The van der Waals surface area contributed by atoms with Gasteiger partial charge < -0.3 is 9.64 Å². The number of rotatable bonds is 6. The molecule has 0 aliphatic carbocycles. The van der Waals surface area contributed by atoms with E-state index in [1.54, 1.807) is 37.4 Å². The summed E-state index contributed by atoms with van der Waals surface area (Å²) < 4.78 is 34.4. The molecule has 0 radical (unpaired) electrons. The standard InChI is InChI=1S/C30H29ClF2N2O3/c1-38-23-6-2-19(3-7-23)18-35-29(36)11-8-24(30(35)37)22-5-10-28(27(33)17-22)34-14-12-20(13-15-34)21-4-9-25(31)26(32)16-21/h2-7,9-10,16-17,20,24H,8,11-15,18H2,1H3. The summed E-state index contributed by atoms with van der Waals surface area (Å²) in [5.41, 5.74) is 2.80. The van der Waals surface area contributed by atoms with Crippen LogP contribution in [0.4, 0.5) is 14.5 Å². The summed E-state index contributed by atoms with van der Waals surface area (Å²) in [5.74, 6) is -1.02. The second-order valence-corrected chi connectivity index (χ2v) is 10.3. The van der Waals surface area contributed by atoms with Gasteiger partial charge in [0.25, 0.3) is 0 Å². The number of halogens is 3. The lowest BCUT2D eigenvalue weighted by molar-refractivity contribution is -0.150. The molecule has 0 saturated carbocycles. The van der Waals surface area contributed by atoms with E-state index >= 15 is 4.39 Å². The molecule has 2 fully saturated rings. The van der Waals surface area contributed by atoms with Crippen LogP contribution >= 0.6 is 11.6 Å². The van der Waals surface area contributed by atoms with Gasteiger partial charge in [-0.1, -0.05) is 35.9 Å². The fraction of sp³-hybridized carbons (Fsp3) is 0.333. The molecule has 198 valence electrons. The van der Waals surface area contributed by atoms with Gasteiger partial charge in [0, 0.05) is 19.5 Å². The largest absolute Gasteiger partial charge is 0.497 e. The van der Waals surface area contributed by atoms with Crippen molar-refractivity contribution in [2.24, 2.45) is 0 Å². The highest BCUT2D eigenvalue weighted by Crippen LogP contribution is 2.35. The highest BCUT2D eigenvalue weighted by molar-refractivity contribution is 6.30. The number of methoxy groups -OCH3 is 1. The number of amides is 2. The highest BCUT2D eigenvalue weighted by atomic mass is 35.5. The van der Waals surface area contributed by atoms with Crippen molar-refractivity contribution in [1.29, 1.82) is 0 Å². The summed E-state index contributed by atoms with van der Waals surface area (Å²) in [7, 11) is 1.58. The first-order chi connectivity index (χ1) is 18.3. The fourth-order valence-electron chi connectivity index (χ4n) is 5.44. The molecule has 0 aromatic heterocycles. The molecule has 1 unspecified atom stereocenters. The first kappa shape index (κ1) is 26.2. The quantitative estimate of drug-likeness (QED) is 0.339. The van der Waals surface area contributed by atoms with Gasteiger partial charge in [0.15, 0.2) is 0 Å². The number of imide groups is 1. The van der Waals surface area contributed by atoms with E-state index in [2.05, 4.69) is 0 Å². The Balaban J connectivity index is 1.26. The molecule has 3 aromatic carbocycles. The van der Waals surface area contributed by atoms with Crippen LogP contribution < -0.4 is 9.64 Å². The van der Waals surface area contributed by atoms with Gasteiger partial charge in [-0.05, 0) is 78.3 Å². The number of hydrogen-bond donors (Lipinski definition) is 0. The molecule has 0 N–H and O–H groups in total. The Morgan fingerprint density at radius 3 is 2.24 bits per heavy atom. The van der Waals surface area contributed by atoms with Crippen molar-refractivity contribution in [3.63, 3.8) is 0 Å². The predicted octanol–water partition coefficient (Wildman–Crippen LogP) is 6.44. The average molecular weight is 539 g/mol. The zero-order valence-electron chi connectivity index (χ0n) is 21.1. The van der Waals surface area contributed by atoms with Gasteiger partial charge in [0.1, 0.15) is 17.4 Å². The van der Waals surface area contributed by atoms with Gasteiger partial charge in [0.2, 0.25) is 11.8 Å². The zero-order chi connectivity index (χ0) is 26.8. The third-order valence-electron chi connectivity index (χ3n) is 7.64. The van der Waals surface area contributed by atoms with Gasteiger partial charge in [-0.15, -0.1) is 0 Å². The van der Waals surface area contributed by atoms with Crippen molar-refractivity contribution in [3.05, 3.63) is 94.0 Å². The molecule has 5 rings (SSSR count). The molecular weight excluding hydrogens is 510 g/mol. The van der Waals surface area contributed by atoms with E-state index in [1.807, 2.05) is 23.1 Å². The molecular formula is C30H29ClF2N2O3. The summed E-state index contributed by atoms with van der Waals surface area (Å²) in [6.07, 6.45) is 2.13. The zero-order valence-corrected chi connectivity index (χ0v) is 21.9. The number of likely N-dealkylation sites (tertiary alicyclic amines) is 1. The second-order valence-electron chi connectivity index (χ2n) is 9.90. The Labute approximate surface area is 226 Å². The third-order valence-corrected chi connectivity index (χ3v) is 7.94. The van der Waals surface area contributed by atoms with Crippen molar-refractivity contribution in [3.8, 4) is 5.75 Å². The van der Waals surface area contributed by atoms with Gasteiger partial charge in [-0.2, -0.15) is 0 Å². The molecule has 2 heterocycles. The minimum atomic E-state index is -0.569. The van der Waals surface area contributed by atoms with Crippen molar-refractivity contribution in [1.82, 2.24) is 4.90 Å². The van der Waals surface area contributed by atoms with E-state index in [-0.39, 0.29) is 41.5 Å². The topological polar surface area (TPSA) is 49.9 Å². The van der Waals surface area contributed by atoms with Crippen LogP contribution in [0.3, 0.4) is 0 Å². The first-order valence-electron chi connectivity index (χ1n) is 12.8. The number of anilines is 1. The number of ether oxygens (including phenoxy) is 1. The van der Waals surface area contributed by atoms with Crippen LogP contribution in [-0.4, -0.2) is 36.9 Å². The summed E-state index contributed by atoms with van der Waals surface area (Å²) in [6, 6.07) is 17.1. The van der Waals surface area contributed by atoms with Crippen LogP contribution in [0.25, 0.3) is 0 Å². The number of piperidine rings is 2. The van der Waals surface area contributed by atoms with Crippen LogP contribution in [0.1, 0.15) is 54.2 Å². The molecule has 3 aromatic rings. The third kappa shape index (κ3) is 5.39. The van der Waals surface area contributed by atoms with E-state index in [4.69, 9.17) is 16.3 Å². The molecule has 2 aliphatic rings. The van der Waals surface area contributed by atoms with Crippen LogP contribution in [0.5, 0.6) is 5.75 Å². The maximum atomic E-state index is 15.3. The van der Waals surface area contributed by atoms with Crippen LogP contribution in [0, 0.1) is 11.6 Å². The van der Waals surface area contributed by atoms with Crippen LogP contribution in [0.2, 0.25) is 5.02 Å². The van der Waals surface area contributed by atoms with E-state index in [1.165, 1.54) is 17.0 Å². The molecule has 2 amide bonds. The Morgan fingerprint density at radius 1 is 0.895 bits per heavy atom. The van der Waals surface area contributed by atoms with Gasteiger partial charge in [-0.25, -0.2) is 8.78 Å². The fourth-order valence-corrected chi connectivity index (χ4v) is 5.56. The van der Waals surface area contributed by atoms with E-state index in [9.17, 15) is 14.0 Å². The summed E-state index contributed by atoms with van der Waals surface area (Å²) in [6.45, 7) is 1.44.